The molecule has 0 bridgehead atoms. The van der Waals surface area contributed by atoms with Crippen LogP contribution < -0.4 is 5.32 Å². The van der Waals surface area contributed by atoms with Crippen LogP contribution in [0.3, 0.4) is 0 Å². The SMILES string of the molecule is CCC1(CNC(=O)C(C)S(C)(=O)=O)CCN(Cc2ccccc2)CC1. The summed E-state index contributed by atoms with van der Waals surface area (Å²) in [7, 11) is -3.35. The quantitative estimate of drug-likeness (QED) is 0.804. The van der Waals surface area contributed by atoms with Crippen molar-refractivity contribution in [2.24, 2.45) is 5.41 Å². The number of benzene rings is 1. The van der Waals surface area contributed by atoms with Gasteiger partial charge in [-0.1, -0.05) is 37.3 Å². The first-order valence-corrected chi connectivity index (χ1v) is 10.9. The Labute approximate surface area is 151 Å². The third-order valence-electron chi connectivity index (χ3n) is 5.56. The molecule has 1 aromatic rings. The summed E-state index contributed by atoms with van der Waals surface area (Å²) < 4.78 is 23.0. The zero-order valence-electron chi connectivity index (χ0n) is 15.5. The molecule has 1 unspecified atom stereocenters. The van der Waals surface area contributed by atoms with E-state index in [2.05, 4.69) is 41.4 Å². The fourth-order valence-electron chi connectivity index (χ4n) is 3.30. The van der Waals surface area contributed by atoms with E-state index in [0.29, 0.717) is 6.54 Å². The van der Waals surface area contributed by atoms with Gasteiger partial charge in [0.25, 0.3) is 0 Å². The second-order valence-electron chi connectivity index (χ2n) is 7.30. The van der Waals surface area contributed by atoms with Crippen molar-refractivity contribution in [2.45, 2.75) is 44.9 Å². The van der Waals surface area contributed by atoms with Crippen molar-refractivity contribution < 1.29 is 13.2 Å². The Balaban J connectivity index is 1.87. The Morgan fingerprint density at radius 2 is 1.84 bits per heavy atom. The standard InChI is InChI=1S/C19H30N2O3S/c1-4-19(15-20-18(22)16(2)25(3,23)24)10-12-21(13-11-19)14-17-8-6-5-7-9-17/h5-9,16H,4,10-15H2,1-3H3,(H,20,22). The first kappa shape index (κ1) is 19.9. The monoisotopic (exact) mass is 366 g/mol. The highest BCUT2D eigenvalue weighted by molar-refractivity contribution is 7.92. The molecule has 0 saturated carbocycles. The topological polar surface area (TPSA) is 66.5 Å². The molecule has 1 heterocycles. The third-order valence-corrected chi connectivity index (χ3v) is 7.06. The van der Waals surface area contributed by atoms with Crippen LogP contribution in [0.4, 0.5) is 0 Å². The number of carbonyl (C=O) groups excluding carboxylic acids is 1. The second kappa shape index (κ2) is 8.32. The largest absolute Gasteiger partial charge is 0.354 e. The Bertz CT molecular complexity index is 665. The van der Waals surface area contributed by atoms with Gasteiger partial charge in [-0.3, -0.25) is 9.69 Å². The van der Waals surface area contributed by atoms with E-state index in [9.17, 15) is 13.2 Å². The van der Waals surface area contributed by atoms with E-state index >= 15 is 0 Å². The van der Waals surface area contributed by atoms with E-state index in [4.69, 9.17) is 0 Å². The molecule has 2 rings (SSSR count). The maximum atomic E-state index is 12.1. The minimum absolute atomic E-state index is 0.0695. The van der Waals surface area contributed by atoms with Gasteiger partial charge in [-0.25, -0.2) is 8.42 Å². The molecule has 0 aromatic heterocycles. The highest BCUT2D eigenvalue weighted by atomic mass is 32.2. The van der Waals surface area contributed by atoms with E-state index in [1.165, 1.54) is 12.5 Å². The van der Waals surface area contributed by atoms with Crippen molar-refractivity contribution in [3.8, 4) is 0 Å². The summed E-state index contributed by atoms with van der Waals surface area (Å²) in [5, 5.41) is 1.89. The summed E-state index contributed by atoms with van der Waals surface area (Å²) in [5.74, 6) is -0.387. The smallest absolute Gasteiger partial charge is 0.238 e. The van der Waals surface area contributed by atoms with E-state index in [0.717, 1.165) is 45.2 Å². The van der Waals surface area contributed by atoms with Crippen LogP contribution in [0.1, 0.15) is 38.7 Å². The molecular formula is C19H30N2O3S. The molecule has 0 spiro atoms. The summed E-state index contributed by atoms with van der Waals surface area (Å²) in [6.45, 7) is 7.12. The highest BCUT2D eigenvalue weighted by Gasteiger charge is 2.34. The number of nitrogens with zero attached hydrogens (tertiary/aromatic N) is 1. The molecule has 140 valence electrons. The van der Waals surface area contributed by atoms with Gasteiger partial charge in [0.2, 0.25) is 5.91 Å². The minimum Gasteiger partial charge on any atom is -0.354 e. The lowest BCUT2D eigenvalue weighted by Crippen LogP contribution is -2.48. The van der Waals surface area contributed by atoms with Gasteiger partial charge in [-0.15, -0.1) is 0 Å². The number of hydrogen-bond acceptors (Lipinski definition) is 4. The van der Waals surface area contributed by atoms with Crippen LogP contribution in [0.5, 0.6) is 0 Å². The fraction of sp³-hybridized carbons (Fsp3) is 0.632. The zero-order chi connectivity index (χ0) is 18.5. The predicted octanol–water partition coefficient (Wildman–Crippen LogP) is 2.23. The van der Waals surface area contributed by atoms with Crippen LogP contribution in [-0.4, -0.2) is 50.4 Å². The van der Waals surface area contributed by atoms with Gasteiger partial charge in [0.05, 0.1) is 0 Å². The average Bonchev–Trinajstić information content (AvgIpc) is 2.60. The Hall–Kier alpha value is -1.40. The molecule has 1 fully saturated rings. The lowest BCUT2D eigenvalue weighted by molar-refractivity contribution is -0.121. The van der Waals surface area contributed by atoms with Crippen molar-refractivity contribution in [3.63, 3.8) is 0 Å². The van der Waals surface area contributed by atoms with Gasteiger partial charge in [0, 0.05) is 19.3 Å². The first-order valence-electron chi connectivity index (χ1n) is 8.99. The molecule has 1 aromatic carbocycles. The number of piperidine rings is 1. The molecule has 1 aliphatic rings. The number of amides is 1. The highest BCUT2D eigenvalue weighted by Crippen LogP contribution is 2.34. The molecule has 6 heteroatoms. The van der Waals surface area contributed by atoms with Gasteiger partial charge < -0.3 is 5.32 Å². The second-order valence-corrected chi connectivity index (χ2v) is 9.67. The number of likely N-dealkylation sites (tertiary alicyclic amines) is 1. The molecule has 5 nitrogen and oxygen atoms in total. The summed E-state index contributed by atoms with van der Waals surface area (Å²) >= 11 is 0. The lowest BCUT2D eigenvalue weighted by Gasteiger charge is -2.41. The number of carbonyl (C=O) groups is 1. The molecular weight excluding hydrogens is 336 g/mol. The van der Waals surface area contributed by atoms with E-state index in [-0.39, 0.29) is 11.3 Å². The predicted molar refractivity (Wildman–Crippen MR) is 101 cm³/mol. The van der Waals surface area contributed by atoms with Gasteiger partial charge in [0.15, 0.2) is 9.84 Å². The number of sulfone groups is 1. The van der Waals surface area contributed by atoms with Crippen LogP contribution in [-0.2, 0) is 21.2 Å². The fourth-order valence-corrected chi connectivity index (χ4v) is 3.77. The normalized spacial score (nSPS) is 19.3. The molecule has 1 atom stereocenters. The van der Waals surface area contributed by atoms with Gasteiger partial charge in [-0.2, -0.15) is 0 Å². The van der Waals surface area contributed by atoms with Crippen molar-refractivity contribution in [3.05, 3.63) is 35.9 Å². The average molecular weight is 367 g/mol. The summed E-state index contributed by atoms with van der Waals surface area (Å²) in [6.07, 6.45) is 4.13. The van der Waals surface area contributed by atoms with Crippen molar-refractivity contribution in [1.82, 2.24) is 10.2 Å². The van der Waals surface area contributed by atoms with Gasteiger partial charge in [-0.05, 0) is 50.3 Å². The molecule has 1 saturated heterocycles. The lowest BCUT2D eigenvalue weighted by atomic mass is 9.76. The van der Waals surface area contributed by atoms with E-state index < -0.39 is 15.1 Å². The van der Waals surface area contributed by atoms with E-state index in [1.54, 1.807) is 0 Å². The summed E-state index contributed by atoms with van der Waals surface area (Å²) in [6, 6.07) is 10.5. The Morgan fingerprint density at radius 3 is 2.36 bits per heavy atom. The maximum Gasteiger partial charge on any atom is 0.238 e. The zero-order valence-corrected chi connectivity index (χ0v) is 16.3. The van der Waals surface area contributed by atoms with Crippen LogP contribution in [0.25, 0.3) is 0 Å². The van der Waals surface area contributed by atoms with Crippen LogP contribution >= 0.6 is 0 Å². The number of nitrogens with one attached hydrogen (secondary N) is 1. The molecule has 0 aliphatic carbocycles. The number of rotatable bonds is 7. The van der Waals surface area contributed by atoms with Crippen LogP contribution in [0.15, 0.2) is 30.3 Å². The van der Waals surface area contributed by atoms with E-state index in [1.807, 2.05) is 6.07 Å². The first-order chi connectivity index (χ1) is 11.8. The summed E-state index contributed by atoms with van der Waals surface area (Å²) in [5.41, 5.74) is 1.39. The number of hydrogen-bond donors (Lipinski definition) is 1. The summed E-state index contributed by atoms with van der Waals surface area (Å²) in [4.78, 5) is 14.5. The van der Waals surface area contributed by atoms with Crippen LogP contribution in [0, 0.1) is 5.41 Å². The Kier molecular flexibility index (Phi) is 6.63. The molecule has 1 amide bonds. The molecule has 0 radical (unpaired) electrons. The maximum absolute atomic E-state index is 12.1. The van der Waals surface area contributed by atoms with Crippen molar-refractivity contribution in [2.75, 3.05) is 25.9 Å². The third kappa shape index (κ3) is 5.54. The van der Waals surface area contributed by atoms with Gasteiger partial charge >= 0.3 is 0 Å². The molecule has 1 aliphatic heterocycles. The Morgan fingerprint density at radius 1 is 1.24 bits per heavy atom. The van der Waals surface area contributed by atoms with Gasteiger partial charge in [0.1, 0.15) is 5.25 Å². The molecule has 1 N–H and O–H groups in total. The van der Waals surface area contributed by atoms with Crippen molar-refractivity contribution >= 4 is 15.7 Å². The van der Waals surface area contributed by atoms with Crippen LogP contribution in [0.2, 0.25) is 0 Å². The minimum atomic E-state index is -3.35. The molecule has 25 heavy (non-hydrogen) atoms. The van der Waals surface area contributed by atoms with Crippen molar-refractivity contribution in [1.29, 1.82) is 0 Å².